The predicted molar refractivity (Wildman–Crippen MR) is 52.3 cm³/mol. The molecule has 2 aliphatic rings. The molecule has 0 spiro atoms. The maximum Gasteiger partial charge on any atom is 0.180 e. The van der Waals surface area contributed by atoms with E-state index in [2.05, 4.69) is 37.6 Å². The molecule has 2 unspecified atom stereocenters. The van der Waals surface area contributed by atoms with Crippen LogP contribution in [-0.4, -0.2) is 35.7 Å². The van der Waals surface area contributed by atoms with E-state index in [1.807, 2.05) is 0 Å². The summed E-state index contributed by atoms with van der Waals surface area (Å²) in [7, 11) is 0. The molecule has 0 radical (unpaired) electrons. The zero-order valence-electron chi connectivity index (χ0n) is 8.63. The Morgan fingerprint density at radius 3 is 2.69 bits per heavy atom. The van der Waals surface area contributed by atoms with Crippen LogP contribution in [0, 0.1) is 0 Å². The molecule has 0 saturated carbocycles. The molecule has 13 heavy (non-hydrogen) atoms. The average Bonchev–Trinajstić information content (AvgIpc) is 2.40. The zero-order chi connectivity index (χ0) is 9.64. The van der Waals surface area contributed by atoms with Gasteiger partial charge in [0.2, 0.25) is 0 Å². The lowest BCUT2D eigenvalue weighted by atomic mass is 10.1. The molecule has 2 fully saturated rings. The van der Waals surface area contributed by atoms with Gasteiger partial charge in [0.05, 0.1) is 6.04 Å². The number of nitrogens with zero attached hydrogens (tertiary/aromatic N) is 1. The smallest absolute Gasteiger partial charge is 0.180 e. The summed E-state index contributed by atoms with van der Waals surface area (Å²) >= 11 is 0. The van der Waals surface area contributed by atoms with E-state index >= 15 is 0 Å². The zero-order valence-corrected chi connectivity index (χ0v) is 8.63. The van der Waals surface area contributed by atoms with E-state index in [1.54, 1.807) is 0 Å². The SMILES string of the molecule is C=C1NC2CN(C(C)(C)C)CC2O1. The summed E-state index contributed by atoms with van der Waals surface area (Å²) in [5.74, 6) is 0.739. The second kappa shape index (κ2) is 2.64. The molecular weight excluding hydrogens is 164 g/mol. The standard InChI is InChI=1S/C10H18N2O/c1-7-11-8-5-12(10(2,3)4)6-9(8)13-7/h8-9,11H,1,5-6H2,2-4H3. The van der Waals surface area contributed by atoms with Gasteiger partial charge in [-0.1, -0.05) is 0 Å². The van der Waals surface area contributed by atoms with Crippen molar-refractivity contribution in [2.75, 3.05) is 13.1 Å². The number of ether oxygens (including phenoxy) is 1. The average molecular weight is 182 g/mol. The van der Waals surface area contributed by atoms with Crippen LogP contribution in [0.2, 0.25) is 0 Å². The van der Waals surface area contributed by atoms with Crippen LogP contribution in [-0.2, 0) is 4.74 Å². The number of fused-ring (bicyclic) bond motifs is 1. The Morgan fingerprint density at radius 2 is 2.15 bits per heavy atom. The molecule has 0 bridgehead atoms. The quantitative estimate of drug-likeness (QED) is 0.603. The number of nitrogens with one attached hydrogen (secondary N) is 1. The van der Waals surface area contributed by atoms with Crippen LogP contribution in [0.3, 0.4) is 0 Å². The van der Waals surface area contributed by atoms with Gasteiger partial charge in [0.25, 0.3) is 0 Å². The highest BCUT2D eigenvalue weighted by Gasteiger charge is 2.42. The third-order valence-corrected chi connectivity index (χ3v) is 2.85. The van der Waals surface area contributed by atoms with Gasteiger partial charge in [0.15, 0.2) is 5.88 Å². The van der Waals surface area contributed by atoms with Crippen molar-refractivity contribution >= 4 is 0 Å². The minimum Gasteiger partial charge on any atom is -0.473 e. The van der Waals surface area contributed by atoms with E-state index in [0.717, 1.165) is 19.0 Å². The van der Waals surface area contributed by atoms with Gasteiger partial charge in [0, 0.05) is 18.6 Å². The van der Waals surface area contributed by atoms with Crippen LogP contribution >= 0.6 is 0 Å². The fourth-order valence-corrected chi connectivity index (χ4v) is 2.00. The topological polar surface area (TPSA) is 24.5 Å². The maximum absolute atomic E-state index is 5.56. The largest absolute Gasteiger partial charge is 0.473 e. The molecule has 0 amide bonds. The van der Waals surface area contributed by atoms with Crippen LogP contribution in [0.4, 0.5) is 0 Å². The van der Waals surface area contributed by atoms with Gasteiger partial charge < -0.3 is 10.1 Å². The molecule has 1 N–H and O–H groups in total. The second-order valence-electron chi connectivity index (χ2n) is 4.91. The Hall–Kier alpha value is -0.700. The minimum absolute atomic E-state index is 0.247. The monoisotopic (exact) mass is 182 g/mol. The minimum atomic E-state index is 0.247. The first-order valence-electron chi connectivity index (χ1n) is 4.84. The number of rotatable bonds is 0. The molecule has 2 saturated heterocycles. The van der Waals surface area contributed by atoms with Gasteiger partial charge in [-0.05, 0) is 27.4 Å². The molecule has 2 heterocycles. The van der Waals surface area contributed by atoms with Gasteiger partial charge >= 0.3 is 0 Å². The molecule has 0 aromatic rings. The van der Waals surface area contributed by atoms with Crippen molar-refractivity contribution in [1.82, 2.24) is 10.2 Å². The first-order chi connectivity index (χ1) is 5.97. The Labute approximate surface area is 79.7 Å². The summed E-state index contributed by atoms with van der Waals surface area (Å²) in [5.41, 5.74) is 0.247. The lowest BCUT2D eigenvalue weighted by Crippen LogP contribution is -2.41. The molecule has 2 atom stereocenters. The molecule has 0 aromatic carbocycles. The first kappa shape index (κ1) is 8.88. The normalized spacial score (nSPS) is 34.2. The lowest BCUT2D eigenvalue weighted by molar-refractivity contribution is 0.112. The van der Waals surface area contributed by atoms with Gasteiger partial charge in [-0.15, -0.1) is 0 Å². The van der Waals surface area contributed by atoms with Gasteiger partial charge in [0.1, 0.15) is 6.10 Å². The van der Waals surface area contributed by atoms with E-state index in [4.69, 9.17) is 4.74 Å². The molecule has 0 aliphatic carbocycles. The van der Waals surface area contributed by atoms with Crippen LogP contribution < -0.4 is 5.32 Å². The Kier molecular flexibility index (Phi) is 1.80. The van der Waals surface area contributed by atoms with Crippen molar-refractivity contribution in [3.63, 3.8) is 0 Å². The Morgan fingerprint density at radius 1 is 1.46 bits per heavy atom. The lowest BCUT2D eigenvalue weighted by Gasteiger charge is -2.32. The van der Waals surface area contributed by atoms with Crippen LogP contribution in [0.15, 0.2) is 12.5 Å². The molecule has 3 heteroatoms. The van der Waals surface area contributed by atoms with E-state index < -0.39 is 0 Å². The predicted octanol–water partition coefficient (Wildman–Crippen LogP) is 0.929. The fourth-order valence-electron chi connectivity index (χ4n) is 2.00. The van der Waals surface area contributed by atoms with Crippen LogP contribution in [0.1, 0.15) is 20.8 Å². The Bertz CT molecular complexity index is 216. The van der Waals surface area contributed by atoms with Crippen molar-refractivity contribution in [1.29, 1.82) is 0 Å². The number of hydrogen-bond donors (Lipinski definition) is 1. The fraction of sp³-hybridized carbons (Fsp3) is 0.800. The van der Waals surface area contributed by atoms with E-state index in [1.165, 1.54) is 0 Å². The molecule has 2 aliphatic heterocycles. The summed E-state index contributed by atoms with van der Waals surface area (Å²) in [6.07, 6.45) is 0.312. The van der Waals surface area contributed by atoms with Gasteiger partial charge in [-0.3, -0.25) is 4.90 Å². The highest BCUT2D eigenvalue weighted by molar-refractivity contribution is 5.05. The molecule has 74 valence electrons. The summed E-state index contributed by atoms with van der Waals surface area (Å²) in [4.78, 5) is 2.45. The van der Waals surface area contributed by atoms with Crippen LogP contribution in [0.25, 0.3) is 0 Å². The van der Waals surface area contributed by atoms with Crippen molar-refractivity contribution in [2.24, 2.45) is 0 Å². The molecule has 2 rings (SSSR count). The van der Waals surface area contributed by atoms with E-state index in [-0.39, 0.29) is 5.54 Å². The summed E-state index contributed by atoms with van der Waals surface area (Å²) in [5, 5.41) is 3.26. The number of hydrogen-bond acceptors (Lipinski definition) is 3. The van der Waals surface area contributed by atoms with Gasteiger partial charge in [-0.2, -0.15) is 0 Å². The maximum atomic E-state index is 5.56. The Balaban J connectivity index is 2.01. The van der Waals surface area contributed by atoms with E-state index in [0.29, 0.717) is 12.1 Å². The third-order valence-electron chi connectivity index (χ3n) is 2.85. The second-order valence-corrected chi connectivity index (χ2v) is 4.91. The summed E-state index contributed by atoms with van der Waals surface area (Å²) in [6, 6.07) is 0.451. The summed E-state index contributed by atoms with van der Waals surface area (Å²) < 4.78 is 5.56. The van der Waals surface area contributed by atoms with E-state index in [9.17, 15) is 0 Å². The van der Waals surface area contributed by atoms with Crippen molar-refractivity contribution in [2.45, 2.75) is 38.5 Å². The number of likely N-dealkylation sites (tertiary alicyclic amines) is 1. The third kappa shape index (κ3) is 1.53. The molecule has 3 nitrogen and oxygen atoms in total. The molecular formula is C10H18N2O. The molecule has 0 aromatic heterocycles. The van der Waals surface area contributed by atoms with Crippen molar-refractivity contribution < 1.29 is 4.74 Å². The van der Waals surface area contributed by atoms with Crippen molar-refractivity contribution in [3.05, 3.63) is 12.5 Å². The first-order valence-corrected chi connectivity index (χ1v) is 4.84. The summed E-state index contributed by atoms with van der Waals surface area (Å²) in [6.45, 7) is 12.6. The highest BCUT2D eigenvalue weighted by Crippen LogP contribution is 2.27. The highest BCUT2D eigenvalue weighted by atomic mass is 16.5. The van der Waals surface area contributed by atoms with Crippen LogP contribution in [0.5, 0.6) is 0 Å². The van der Waals surface area contributed by atoms with Gasteiger partial charge in [-0.25, -0.2) is 0 Å². The van der Waals surface area contributed by atoms with Crippen molar-refractivity contribution in [3.8, 4) is 0 Å².